The second-order valence-corrected chi connectivity index (χ2v) is 28.4. The second-order valence-electron chi connectivity index (χ2n) is 28.4. The van der Waals surface area contributed by atoms with Crippen LogP contribution in [0.25, 0.3) is 33.4 Å². The smallest absolute Gasteiger partial charge is 0.252 e. The molecule has 4 heteroatoms. The lowest BCUT2D eigenvalue weighted by Gasteiger charge is -2.51. The Hall–Kier alpha value is -7.56. The third-order valence-corrected chi connectivity index (χ3v) is 20.3. The topological polar surface area (TPSA) is 9.72 Å². The van der Waals surface area contributed by atoms with E-state index in [1.54, 1.807) is 0 Å². The number of nitrogens with zero attached hydrogens (tertiary/aromatic N) is 3. The van der Waals surface area contributed by atoms with Crippen molar-refractivity contribution in [3.63, 3.8) is 0 Å². The Labute approximate surface area is 483 Å². The number of fused-ring (bicyclic) bond motifs is 8. The standard InChI is InChI=1S/C77H78BN3/c1-72(2,3)54-35-38-64(57(43-54)51-28-18-14-19-29-51)79-67-37-34-53(50-26-16-13-17-27-50)42-62(67)78-63-47-60-61(75(9,10)49-74(60,7)8)48-68(63)80(65-39-36-55(73(4,5)6)44-58(65)52-30-20-15-21-31-52)70-46-56(45-69(79)71(70)78)81-66-33-23-22-32-59(66)76(11)40-24-25-41-77(76,81)12/h13-23,26-39,42-48H,24-25,40-41,49H2,1-12H3. The maximum Gasteiger partial charge on any atom is 0.252 e. The van der Waals surface area contributed by atoms with Gasteiger partial charge in [0.25, 0.3) is 6.71 Å². The number of benzene rings is 9. The summed E-state index contributed by atoms with van der Waals surface area (Å²) in [5, 5.41) is 0. The van der Waals surface area contributed by atoms with Crippen molar-refractivity contribution < 1.29 is 0 Å². The fourth-order valence-corrected chi connectivity index (χ4v) is 16.1. The molecule has 81 heavy (non-hydrogen) atoms. The van der Waals surface area contributed by atoms with Crippen LogP contribution in [0.1, 0.15) is 143 Å². The maximum atomic E-state index is 2.82. The molecule has 2 unspecified atom stereocenters. The van der Waals surface area contributed by atoms with E-state index < -0.39 is 0 Å². The van der Waals surface area contributed by atoms with Gasteiger partial charge >= 0.3 is 0 Å². The van der Waals surface area contributed by atoms with Gasteiger partial charge in [0.05, 0.1) is 16.9 Å². The quantitative estimate of drug-likeness (QED) is 0.154. The van der Waals surface area contributed by atoms with Crippen molar-refractivity contribution in [2.45, 2.75) is 148 Å². The van der Waals surface area contributed by atoms with Gasteiger partial charge in [-0.05, 0) is 169 Å². The molecule has 0 bridgehead atoms. The van der Waals surface area contributed by atoms with E-state index in [0.29, 0.717) is 0 Å². The van der Waals surface area contributed by atoms with Gasteiger partial charge in [-0.1, -0.05) is 229 Å². The zero-order valence-electron chi connectivity index (χ0n) is 49.9. The first-order valence-electron chi connectivity index (χ1n) is 30.1. The van der Waals surface area contributed by atoms with Crippen LogP contribution in [-0.2, 0) is 27.1 Å². The summed E-state index contributed by atoms with van der Waals surface area (Å²) in [6.07, 6.45) is 5.81. The number of hydrogen-bond donors (Lipinski definition) is 0. The Kier molecular flexibility index (Phi) is 11.4. The van der Waals surface area contributed by atoms with Gasteiger partial charge in [0.2, 0.25) is 0 Å². The first-order valence-corrected chi connectivity index (χ1v) is 30.1. The minimum Gasteiger partial charge on any atom is -0.334 e. The number of rotatable bonds is 6. The molecule has 5 aliphatic rings. The third-order valence-electron chi connectivity index (χ3n) is 20.3. The Morgan fingerprint density at radius 2 is 0.864 bits per heavy atom. The monoisotopic (exact) mass is 1060 g/mol. The number of anilines is 8. The predicted octanol–water partition coefficient (Wildman–Crippen LogP) is 19.1. The van der Waals surface area contributed by atoms with Crippen LogP contribution in [0.15, 0.2) is 194 Å². The molecule has 2 aliphatic carbocycles. The first-order chi connectivity index (χ1) is 38.7. The molecule has 1 fully saturated rings. The molecule has 2 atom stereocenters. The molecule has 3 aliphatic heterocycles. The fraction of sp³-hybridized carbons (Fsp3) is 0.299. The number of hydrogen-bond acceptors (Lipinski definition) is 3. The average molecular weight is 1060 g/mol. The molecule has 0 saturated heterocycles. The highest BCUT2D eigenvalue weighted by atomic mass is 15.3. The van der Waals surface area contributed by atoms with Crippen LogP contribution in [0.5, 0.6) is 0 Å². The van der Waals surface area contributed by atoms with E-state index in [2.05, 4.69) is 292 Å². The minimum absolute atomic E-state index is 0.0186. The molecule has 14 rings (SSSR count). The second kappa shape index (κ2) is 18.0. The predicted molar refractivity (Wildman–Crippen MR) is 348 cm³/mol. The van der Waals surface area contributed by atoms with Gasteiger partial charge in [-0.3, -0.25) is 0 Å². The molecule has 9 aromatic rings. The summed E-state index contributed by atoms with van der Waals surface area (Å²) in [6, 6.07) is 75.7. The SMILES string of the molecule is CC(C)(C)c1ccc(N2c3ccc(-c4ccccc4)cc3B3c4cc5c(cc4N(c4ccc(C(C)(C)C)cc4-c4ccccc4)c4cc(N6c7ccccc7C7(C)CCCCC67C)cc2c43)C(C)(C)CC5(C)C)c(-c2ccccc2)c1. The molecule has 404 valence electrons. The van der Waals surface area contributed by atoms with Gasteiger partial charge in [0, 0.05) is 50.7 Å². The molecule has 0 radical (unpaired) electrons. The zero-order valence-corrected chi connectivity index (χ0v) is 49.9. The summed E-state index contributed by atoms with van der Waals surface area (Å²) in [7, 11) is 0. The third kappa shape index (κ3) is 7.82. The molecule has 0 amide bonds. The minimum atomic E-state index is -0.168. The van der Waals surface area contributed by atoms with Crippen molar-refractivity contribution in [3.05, 3.63) is 222 Å². The van der Waals surface area contributed by atoms with Gasteiger partial charge in [-0.15, -0.1) is 0 Å². The van der Waals surface area contributed by atoms with E-state index in [4.69, 9.17) is 0 Å². The lowest BCUT2D eigenvalue weighted by molar-refractivity contribution is 0.195. The largest absolute Gasteiger partial charge is 0.334 e. The molecule has 3 nitrogen and oxygen atoms in total. The van der Waals surface area contributed by atoms with E-state index >= 15 is 0 Å². The van der Waals surface area contributed by atoms with Crippen molar-refractivity contribution in [3.8, 4) is 33.4 Å². The van der Waals surface area contributed by atoms with E-state index in [-0.39, 0.29) is 39.3 Å². The maximum absolute atomic E-state index is 2.82. The summed E-state index contributed by atoms with van der Waals surface area (Å²) >= 11 is 0. The molecule has 1 saturated carbocycles. The molecule has 9 aromatic carbocycles. The van der Waals surface area contributed by atoms with Crippen LogP contribution < -0.4 is 31.1 Å². The summed E-state index contributed by atoms with van der Waals surface area (Å²) < 4.78 is 0. The Bertz CT molecular complexity index is 3990. The van der Waals surface area contributed by atoms with Gasteiger partial charge in [-0.2, -0.15) is 0 Å². The number of para-hydroxylation sites is 1. The molecular formula is C77H78BN3. The molecular weight excluding hydrogens is 978 g/mol. The Balaban J connectivity index is 1.17. The zero-order chi connectivity index (χ0) is 56.2. The summed E-state index contributed by atoms with van der Waals surface area (Å²) in [5.41, 5.74) is 28.1. The first kappa shape index (κ1) is 51.6. The van der Waals surface area contributed by atoms with Crippen molar-refractivity contribution >= 4 is 68.6 Å². The van der Waals surface area contributed by atoms with E-state index in [1.807, 2.05) is 0 Å². The lowest BCUT2D eigenvalue weighted by atomic mass is 9.33. The van der Waals surface area contributed by atoms with Crippen molar-refractivity contribution in [1.29, 1.82) is 0 Å². The van der Waals surface area contributed by atoms with Crippen molar-refractivity contribution in [2.75, 3.05) is 14.7 Å². The van der Waals surface area contributed by atoms with E-state index in [9.17, 15) is 0 Å². The highest BCUT2D eigenvalue weighted by Crippen LogP contribution is 2.62. The van der Waals surface area contributed by atoms with Crippen LogP contribution in [-0.4, -0.2) is 12.3 Å². The van der Waals surface area contributed by atoms with Crippen LogP contribution in [0, 0.1) is 0 Å². The van der Waals surface area contributed by atoms with Crippen LogP contribution in [0.4, 0.5) is 45.5 Å². The fourth-order valence-electron chi connectivity index (χ4n) is 16.1. The van der Waals surface area contributed by atoms with Gasteiger partial charge in [0.1, 0.15) is 0 Å². The summed E-state index contributed by atoms with van der Waals surface area (Å²) in [4.78, 5) is 8.27. The molecule has 0 aromatic heterocycles. The van der Waals surface area contributed by atoms with Gasteiger partial charge in [0.15, 0.2) is 0 Å². The van der Waals surface area contributed by atoms with Crippen molar-refractivity contribution in [1.82, 2.24) is 0 Å². The lowest BCUT2D eigenvalue weighted by Crippen LogP contribution is -2.62. The van der Waals surface area contributed by atoms with Crippen LogP contribution in [0.2, 0.25) is 0 Å². The molecule has 0 spiro atoms. The Morgan fingerprint density at radius 1 is 0.383 bits per heavy atom. The van der Waals surface area contributed by atoms with E-state index in [1.165, 1.54) is 136 Å². The van der Waals surface area contributed by atoms with Crippen LogP contribution in [0.3, 0.4) is 0 Å². The van der Waals surface area contributed by atoms with Crippen molar-refractivity contribution in [2.24, 2.45) is 0 Å². The van der Waals surface area contributed by atoms with Crippen LogP contribution >= 0.6 is 0 Å². The normalized spacial score (nSPS) is 20.0. The van der Waals surface area contributed by atoms with Gasteiger partial charge in [-0.25, -0.2) is 0 Å². The molecule has 3 heterocycles. The van der Waals surface area contributed by atoms with E-state index in [0.717, 1.165) is 19.3 Å². The van der Waals surface area contributed by atoms with Gasteiger partial charge < -0.3 is 14.7 Å². The average Bonchev–Trinajstić information content (AvgIpc) is 4.00. The highest BCUT2D eigenvalue weighted by Gasteiger charge is 2.58. The summed E-state index contributed by atoms with van der Waals surface area (Å²) in [5.74, 6) is 0. The molecule has 0 N–H and O–H groups in total. The summed E-state index contributed by atoms with van der Waals surface area (Å²) in [6.45, 7) is 29.1. The Morgan fingerprint density at radius 3 is 1.43 bits per heavy atom. The highest BCUT2D eigenvalue weighted by molar-refractivity contribution is 7.00.